The number of aliphatic imine (C=N–C) groups is 1. The number of hydrogen-bond acceptors (Lipinski definition) is 6. The van der Waals surface area contributed by atoms with Gasteiger partial charge in [-0.25, -0.2) is 4.98 Å². The third-order valence-electron chi connectivity index (χ3n) is 5.68. The molecule has 2 heterocycles. The molecule has 8 heteroatoms. The van der Waals surface area contributed by atoms with Gasteiger partial charge in [-0.2, -0.15) is 4.37 Å². The second-order valence-electron chi connectivity index (χ2n) is 7.45. The smallest absolute Gasteiger partial charge is 0.205 e. The quantitative estimate of drug-likeness (QED) is 0.514. The molecular formula is C22H35N7S. The summed E-state index contributed by atoms with van der Waals surface area (Å²) >= 11 is 1.51. The van der Waals surface area contributed by atoms with Gasteiger partial charge in [0.15, 0.2) is 5.96 Å². The predicted octanol–water partition coefficient (Wildman–Crippen LogP) is 2.84. The van der Waals surface area contributed by atoms with Crippen LogP contribution in [0.5, 0.6) is 0 Å². The number of aromatic nitrogens is 2. The summed E-state index contributed by atoms with van der Waals surface area (Å²) in [6.07, 6.45) is 0.892. The van der Waals surface area contributed by atoms with Gasteiger partial charge >= 0.3 is 0 Å². The van der Waals surface area contributed by atoms with Crippen molar-refractivity contribution in [1.29, 1.82) is 0 Å². The van der Waals surface area contributed by atoms with Crippen LogP contribution in [-0.4, -0.2) is 71.4 Å². The van der Waals surface area contributed by atoms with Crippen LogP contribution in [0.2, 0.25) is 0 Å². The van der Waals surface area contributed by atoms with Crippen LogP contribution in [0.25, 0.3) is 0 Å². The van der Waals surface area contributed by atoms with E-state index >= 15 is 0 Å². The molecule has 1 aromatic heterocycles. The Labute approximate surface area is 185 Å². The number of aryl methyl sites for hydroxylation is 1. The summed E-state index contributed by atoms with van der Waals surface area (Å²) in [5, 5.41) is 4.63. The van der Waals surface area contributed by atoms with E-state index in [9.17, 15) is 0 Å². The number of piperazine rings is 1. The van der Waals surface area contributed by atoms with Crippen LogP contribution in [0.1, 0.15) is 37.7 Å². The average molecular weight is 430 g/mol. The zero-order valence-corrected chi connectivity index (χ0v) is 19.6. The molecule has 1 saturated heterocycles. The third kappa shape index (κ3) is 5.70. The molecule has 0 radical (unpaired) electrons. The van der Waals surface area contributed by atoms with Crippen LogP contribution < -0.4 is 10.2 Å². The van der Waals surface area contributed by atoms with E-state index in [-0.39, 0.29) is 0 Å². The van der Waals surface area contributed by atoms with Crippen molar-refractivity contribution in [1.82, 2.24) is 24.5 Å². The highest BCUT2D eigenvalue weighted by molar-refractivity contribution is 7.09. The number of rotatable bonds is 8. The summed E-state index contributed by atoms with van der Waals surface area (Å²) in [5.74, 6) is 1.91. The number of nitrogens with one attached hydrogen (secondary N) is 1. The average Bonchev–Trinajstić information content (AvgIpc) is 3.28. The fourth-order valence-electron chi connectivity index (χ4n) is 3.71. The second kappa shape index (κ2) is 11.3. The molecule has 1 aliphatic heterocycles. The maximum Gasteiger partial charge on any atom is 0.205 e. The third-order valence-corrected chi connectivity index (χ3v) is 6.49. The molecular weight excluding hydrogens is 394 g/mol. The molecule has 0 aliphatic carbocycles. The second-order valence-corrected chi connectivity index (χ2v) is 8.18. The SMILES string of the molecule is CCc1nsc(N2CCN(C(=NC)NCc3ccccc3CN(CC)CC)CC2)n1. The molecule has 0 saturated carbocycles. The van der Waals surface area contributed by atoms with Crippen LogP contribution in [0.4, 0.5) is 5.13 Å². The highest BCUT2D eigenvalue weighted by Gasteiger charge is 2.22. The Hall–Kier alpha value is -2.19. The molecule has 0 amide bonds. The summed E-state index contributed by atoms with van der Waals surface area (Å²) < 4.78 is 4.42. The molecule has 0 atom stereocenters. The number of anilines is 1. The van der Waals surface area contributed by atoms with Crippen molar-refractivity contribution in [2.24, 2.45) is 4.99 Å². The van der Waals surface area contributed by atoms with Crippen molar-refractivity contribution < 1.29 is 0 Å². The van der Waals surface area contributed by atoms with Gasteiger partial charge in [0.25, 0.3) is 0 Å². The van der Waals surface area contributed by atoms with E-state index < -0.39 is 0 Å². The Bertz CT molecular complexity index is 807. The number of benzene rings is 1. The van der Waals surface area contributed by atoms with Gasteiger partial charge < -0.3 is 15.1 Å². The van der Waals surface area contributed by atoms with Crippen LogP contribution in [0.3, 0.4) is 0 Å². The van der Waals surface area contributed by atoms with Crippen LogP contribution >= 0.6 is 11.5 Å². The van der Waals surface area contributed by atoms with Crippen LogP contribution in [0.15, 0.2) is 29.3 Å². The van der Waals surface area contributed by atoms with Gasteiger partial charge in [-0.15, -0.1) is 0 Å². The highest BCUT2D eigenvalue weighted by Crippen LogP contribution is 2.19. The van der Waals surface area contributed by atoms with Crippen molar-refractivity contribution >= 4 is 22.6 Å². The van der Waals surface area contributed by atoms with Gasteiger partial charge in [-0.1, -0.05) is 45.0 Å². The van der Waals surface area contributed by atoms with E-state index in [1.54, 1.807) is 0 Å². The molecule has 30 heavy (non-hydrogen) atoms. The lowest BCUT2D eigenvalue weighted by Crippen LogP contribution is -2.52. The standard InChI is InChI=1S/C22H35N7S/c1-5-20-25-22(30-26-20)29-14-12-28(13-15-29)21(23-4)24-16-18-10-8-9-11-19(18)17-27(6-2)7-3/h8-11H,5-7,12-17H2,1-4H3,(H,23,24). The highest BCUT2D eigenvalue weighted by atomic mass is 32.1. The zero-order valence-electron chi connectivity index (χ0n) is 18.8. The van der Waals surface area contributed by atoms with Crippen molar-refractivity contribution in [2.75, 3.05) is 51.2 Å². The molecule has 1 N–H and O–H groups in total. The van der Waals surface area contributed by atoms with Crippen LogP contribution in [0, 0.1) is 0 Å². The largest absolute Gasteiger partial charge is 0.352 e. The summed E-state index contributed by atoms with van der Waals surface area (Å²) in [7, 11) is 1.87. The fraction of sp³-hybridized carbons (Fsp3) is 0.591. The monoisotopic (exact) mass is 429 g/mol. The Morgan fingerprint density at radius 3 is 2.40 bits per heavy atom. The Balaban J connectivity index is 1.56. The number of guanidine groups is 1. The van der Waals surface area contributed by atoms with Crippen LogP contribution in [-0.2, 0) is 19.5 Å². The van der Waals surface area contributed by atoms with Gasteiger partial charge in [0, 0.05) is 64.3 Å². The summed E-state index contributed by atoms with van der Waals surface area (Å²) in [6, 6.07) is 8.71. The van der Waals surface area contributed by atoms with E-state index in [0.29, 0.717) is 0 Å². The Morgan fingerprint density at radius 1 is 1.10 bits per heavy atom. The predicted molar refractivity (Wildman–Crippen MR) is 126 cm³/mol. The van der Waals surface area contributed by atoms with Crippen molar-refractivity contribution in [3.63, 3.8) is 0 Å². The number of nitrogens with zero attached hydrogens (tertiary/aromatic N) is 6. The molecule has 3 rings (SSSR count). The van der Waals surface area contributed by atoms with E-state index in [0.717, 1.165) is 75.7 Å². The molecule has 164 valence electrons. The normalized spacial score (nSPS) is 15.2. The fourth-order valence-corrected chi connectivity index (χ4v) is 4.51. The molecule has 2 aromatic rings. The van der Waals surface area contributed by atoms with Gasteiger partial charge in [-0.05, 0) is 24.2 Å². The zero-order chi connectivity index (χ0) is 21.3. The first-order valence-electron chi connectivity index (χ1n) is 11.0. The molecule has 0 unspecified atom stereocenters. The van der Waals surface area contributed by atoms with Gasteiger partial charge in [0.2, 0.25) is 5.13 Å². The van der Waals surface area contributed by atoms with E-state index in [4.69, 9.17) is 0 Å². The first-order chi connectivity index (χ1) is 14.7. The molecule has 1 aliphatic rings. The van der Waals surface area contributed by atoms with E-state index in [1.807, 2.05) is 7.05 Å². The van der Waals surface area contributed by atoms with Crippen molar-refractivity contribution in [3.05, 3.63) is 41.2 Å². The lowest BCUT2D eigenvalue weighted by atomic mass is 10.1. The molecule has 7 nitrogen and oxygen atoms in total. The minimum Gasteiger partial charge on any atom is -0.352 e. The van der Waals surface area contributed by atoms with Crippen molar-refractivity contribution in [2.45, 2.75) is 40.3 Å². The number of hydrogen-bond donors (Lipinski definition) is 1. The summed E-state index contributed by atoms with van der Waals surface area (Å²) in [6.45, 7) is 14.2. The first kappa shape index (κ1) is 22.5. The minimum atomic E-state index is 0.792. The van der Waals surface area contributed by atoms with Gasteiger partial charge in [0.1, 0.15) is 5.82 Å². The molecule has 1 aromatic carbocycles. The minimum absolute atomic E-state index is 0.792. The molecule has 0 spiro atoms. The van der Waals surface area contributed by atoms with Gasteiger partial charge in [0.05, 0.1) is 0 Å². The summed E-state index contributed by atoms with van der Waals surface area (Å²) in [5.41, 5.74) is 2.72. The Kier molecular flexibility index (Phi) is 8.45. The molecule has 0 bridgehead atoms. The first-order valence-corrected chi connectivity index (χ1v) is 11.8. The maximum atomic E-state index is 4.63. The van der Waals surface area contributed by atoms with E-state index in [2.05, 4.69) is 79.4 Å². The lowest BCUT2D eigenvalue weighted by Gasteiger charge is -2.36. The lowest BCUT2D eigenvalue weighted by molar-refractivity contribution is 0.295. The van der Waals surface area contributed by atoms with E-state index in [1.165, 1.54) is 22.7 Å². The summed E-state index contributed by atoms with van der Waals surface area (Å²) in [4.78, 5) is 16.3. The van der Waals surface area contributed by atoms with Crippen molar-refractivity contribution in [3.8, 4) is 0 Å². The van der Waals surface area contributed by atoms with Gasteiger partial charge in [-0.3, -0.25) is 9.89 Å². The molecule has 1 fully saturated rings. The maximum absolute atomic E-state index is 4.63. The Morgan fingerprint density at radius 2 is 1.80 bits per heavy atom. The topological polar surface area (TPSA) is 59.9 Å².